The van der Waals surface area contributed by atoms with Gasteiger partial charge in [0.1, 0.15) is 0 Å². The Morgan fingerprint density at radius 2 is 1.50 bits per heavy atom. The van der Waals surface area contributed by atoms with E-state index in [-0.39, 0.29) is 13.2 Å². The van der Waals surface area contributed by atoms with E-state index in [1.807, 2.05) is 0 Å². The van der Waals surface area contributed by atoms with Crippen LogP contribution in [-0.2, 0) is 0 Å². The fraction of sp³-hybridized carbons (Fsp3) is 1.00. The van der Waals surface area contributed by atoms with Crippen LogP contribution in [0.5, 0.6) is 0 Å². The van der Waals surface area contributed by atoms with Crippen LogP contribution in [0, 0.1) is 17.8 Å². The van der Waals surface area contributed by atoms with Crippen LogP contribution >= 0.6 is 0 Å². The van der Waals surface area contributed by atoms with Gasteiger partial charge in [-0.2, -0.15) is 0 Å². The molecule has 1 unspecified atom stereocenters. The van der Waals surface area contributed by atoms with Crippen molar-refractivity contribution in [1.29, 1.82) is 0 Å². The summed E-state index contributed by atoms with van der Waals surface area (Å²) in [5.74, 6) is 1.43. The minimum Gasteiger partial charge on any atom is -0.396 e. The van der Waals surface area contributed by atoms with E-state index >= 15 is 0 Å². The first-order chi connectivity index (χ1) is 4.85. The summed E-state index contributed by atoms with van der Waals surface area (Å²) in [7, 11) is 0. The van der Waals surface area contributed by atoms with Crippen molar-refractivity contribution >= 4 is 0 Å². The molecular formula is C8H16O2. The molecule has 1 rings (SSSR count). The van der Waals surface area contributed by atoms with Crippen LogP contribution < -0.4 is 0 Å². The van der Waals surface area contributed by atoms with Gasteiger partial charge in [-0.05, 0) is 24.2 Å². The van der Waals surface area contributed by atoms with Gasteiger partial charge in [-0.1, -0.05) is 13.3 Å². The smallest absolute Gasteiger partial charge is 0.0465 e. The number of aliphatic hydroxyl groups excluding tert-OH is 2. The summed E-state index contributed by atoms with van der Waals surface area (Å²) in [6, 6.07) is 0. The van der Waals surface area contributed by atoms with Gasteiger partial charge in [0.25, 0.3) is 0 Å². The van der Waals surface area contributed by atoms with Crippen molar-refractivity contribution < 1.29 is 10.2 Å². The maximum atomic E-state index is 8.79. The summed E-state index contributed by atoms with van der Waals surface area (Å²) in [4.78, 5) is 0. The van der Waals surface area contributed by atoms with E-state index in [1.54, 1.807) is 0 Å². The predicted molar refractivity (Wildman–Crippen MR) is 39.5 cm³/mol. The fourth-order valence-corrected chi connectivity index (χ4v) is 1.83. The quantitative estimate of drug-likeness (QED) is 0.607. The summed E-state index contributed by atoms with van der Waals surface area (Å²) in [6.07, 6.45) is 2.33. The molecule has 0 radical (unpaired) electrons. The second kappa shape index (κ2) is 3.35. The van der Waals surface area contributed by atoms with E-state index in [4.69, 9.17) is 10.2 Å². The number of rotatable bonds is 4. The van der Waals surface area contributed by atoms with E-state index in [9.17, 15) is 0 Å². The molecule has 2 nitrogen and oxygen atoms in total. The van der Waals surface area contributed by atoms with Gasteiger partial charge in [-0.15, -0.1) is 0 Å². The maximum Gasteiger partial charge on any atom is 0.0465 e. The zero-order valence-electron chi connectivity index (χ0n) is 6.45. The summed E-state index contributed by atoms with van der Waals surface area (Å²) in [5.41, 5.74) is 0. The van der Waals surface area contributed by atoms with Gasteiger partial charge in [-0.25, -0.2) is 0 Å². The van der Waals surface area contributed by atoms with Crippen molar-refractivity contribution in [2.75, 3.05) is 13.2 Å². The topological polar surface area (TPSA) is 40.5 Å². The Balaban J connectivity index is 2.22. The van der Waals surface area contributed by atoms with Gasteiger partial charge in [0.05, 0.1) is 0 Å². The SMILES string of the molecule is CCCC1[C@@H](CO)[C@H]1CO. The molecule has 1 saturated carbocycles. The predicted octanol–water partition coefficient (Wildman–Crippen LogP) is 0.633. The summed E-state index contributed by atoms with van der Waals surface area (Å²) in [5, 5.41) is 17.6. The van der Waals surface area contributed by atoms with Gasteiger partial charge >= 0.3 is 0 Å². The molecule has 0 aliphatic heterocycles. The molecule has 10 heavy (non-hydrogen) atoms. The first-order valence-corrected chi connectivity index (χ1v) is 4.06. The van der Waals surface area contributed by atoms with Gasteiger partial charge in [0.2, 0.25) is 0 Å². The molecule has 1 aliphatic rings. The molecule has 0 aromatic carbocycles. The molecule has 2 N–H and O–H groups in total. The third-order valence-corrected chi connectivity index (χ3v) is 2.55. The standard InChI is InChI=1S/C8H16O2/c1-2-3-6-7(4-9)8(6)5-10/h6-10H,2-5H2,1H3/t6?,7-,8+. The Bertz CT molecular complexity index is 93.4. The molecule has 0 saturated heterocycles. The molecule has 1 fully saturated rings. The highest BCUT2D eigenvalue weighted by atomic mass is 16.3. The Labute approximate surface area is 61.9 Å². The minimum atomic E-state index is 0.260. The largest absolute Gasteiger partial charge is 0.396 e. The van der Waals surface area contributed by atoms with Crippen molar-refractivity contribution in [2.24, 2.45) is 17.8 Å². The maximum absolute atomic E-state index is 8.79. The molecule has 0 spiro atoms. The van der Waals surface area contributed by atoms with Crippen LogP contribution in [0.25, 0.3) is 0 Å². The lowest BCUT2D eigenvalue weighted by Gasteiger charge is -1.90. The molecule has 3 atom stereocenters. The highest BCUT2D eigenvalue weighted by molar-refractivity contribution is 4.95. The first-order valence-electron chi connectivity index (χ1n) is 4.06. The molecular weight excluding hydrogens is 128 g/mol. The molecule has 0 aromatic rings. The van der Waals surface area contributed by atoms with Crippen LogP contribution in [0.4, 0.5) is 0 Å². The second-order valence-electron chi connectivity index (χ2n) is 3.15. The number of hydrogen-bond donors (Lipinski definition) is 2. The van der Waals surface area contributed by atoms with Crippen molar-refractivity contribution in [3.05, 3.63) is 0 Å². The average Bonchev–Trinajstić information content (AvgIpc) is 2.62. The van der Waals surface area contributed by atoms with E-state index in [1.165, 1.54) is 0 Å². The van der Waals surface area contributed by atoms with Crippen molar-refractivity contribution in [1.82, 2.24) is 0 Å². The van der Waals surface area contributed by atoms with Gasteiger partial charge < -0.3 is 10.2 Å². The molecule has 2 heteroatoms. The van der Waals surface area contributed by atoms with Crippen molar-refractivity contribution in [2.45, 2.75) is 19.8 Å². The number of hydrogen-bond acceptors (Lipinski definition) is 2. The normalized spacial score (nSPS) is 38.1. The summed E-state index contributed by atoms with van der Waals surface area (Å²) >= 11 is 0. The number of aliphatic hydroxyl groups is 2. The minimum absolute atomic E-state index is 0.260. The van der Waals surface area contributed by atoms with Crippen LogP contribution in [0.1, 0.15) is 19.8 Å². The van der Waals surface area contributed by atoms with Crippen LogP contribution in [0.2, 0.25) is 0 Å². The van der Waals surface area contributed by atoms with E-state index in [0.717, 1.165) is 12.8 Å². The lowest BCUT2D eigenvalue weighted by Crippen LogP contribution is -1.91. The molecule has 0 aromatic heterocycles. The summed E-state index contributed by atoms with van der Waals surface area (Å²) in [6.45, 7) is 2.66. The Hall–Kier alpha value is -0.0800. The van der Waals surface area contributed by atoms with Crippen molar-refractivity contribution in [3.8, 4) is 0 Å². The third-order valence-electron chi connectivity index (χ3n) is 2.55. The fourth-order valence-electron chi connectivity index (χ4n) is 1.83. The highest BCUT2D eigenvalue weighted by Crippen LogP contribution is 2.48. The zero-order valence-corrected chi connectivity index (χ0v) is 6.45. The first kappa shape index (κ1) is 8.02. The van der Waals surface area contributed by atoms with Crippen LogP contribution in [0.15, 0.2) is 0 Å². The Morgan fingerprint density at radius 1 is 1.00 bits per heavy atom. The van der Waals surface area contributed by atoms with Crippen molar-refractivity contribution in [3.63, 3.8) is 0 Å². The van der Waals surface area contributed by atoms with Gasteiger partial charge in [0.15, 0.2) is 0 Å². The zero-order chi connectivity index (χ0) is 7.56. The summed E-state index contributed by atoms with van der Waals surface area (Å²) < 4.78 is 0. The molecule has 0 amide bonds. The highest BCUT2D eigenvalue weighted by Gasteiger charge is 2.47. The lowest BCUT2D eigenvalue weighted by atomic mass is 10.2. The van der Waals surface area contributed by atoms with Gasteiger partial charge in [0, 0.05) is 13.2 Å². The van der Waals surface area contributed by atoms with Crippen LogP contribution in [0.3, 0.4) is 0 Å². The lowest BCUT2D eigenvalue weighted by molar-refractivity contribution is 0.232. The van der Waals surface area contributed by atoms with E-state index in [0.29, 0.717) is 17.8 Å². The monoisotopic (exact) mass is 144 g/mol. The molecule has 0 heterocycles. The molecule has 0 bridgehead atoms. The van der Waals surface area contributed by atoms with E-state index < -0.39 is 0 Å². The Kier molecular flexibility index (Phi) is 2.69. The molecule has 1 aliphatic carbocycles. The second-order valence-corrected chi connectivity index (χ2v) is 3.15. The third kappa shape index (κ3) is 1.32. The average molecular weight is 144 g/mol. The molecule has 60 valence electrons. The van der Waals surface area contributed by atoms with Crippen LogP contribution in [-0.4, -0.2) is 23.4 Å². The Morgan fingerprint density at radius 3 is 1.80 bits per heavy atom. The van der Waals surface area contributed by atoms with Gasteiger partial charge in [-0.3, -0.25) is 0 Å². The van der Waals surface area contributed by atoms with E-state index in [2.05, 4.69) is 6.92 Å².